The SMILES string of the molecule is COc1ccc(CN2C(=O)COC3CN(CC4CC4)CC32)cc1. The molecular formula is C18H24N2O3. The number of likely N-dealkylation sites (tertiary alicyclic amines) is 1. The molecule has 23 heavy (non-hydrogen) atoms. The van der Waals surface area contributed by atoms with Crippen molar-refractivity contribution in [3.8, 4) is 5.75 Å². The number of fused-ring (bicyclic) bond motifs is 1. The normalized spacial score (nSPS) is 28.0. The molecule has 2 atom stereocenters. The van der Waals surface area contributed by atoms with Gasteiger partial charge < -0.3 is 14.4 Å². The van der Waals surface area contributed by atoms with Crippen LogP contribution in [0.15, 0.2) is 24.3 Å². The molecule has 3 aliphatic rings. The molecule has 1 amide bonds. The van der Waals surface area contributed by atoms with Gasteiger partial charge in [0.2, 0.25) is 5.91 Å². The van der Waals surface area contributed by atoms with Crippen LogP contribution in [0, 0.1) is 5.92 Å². The summed E-state index contributed by atoms with van der Waals surface area (Å²) in [7, 11) is 1.66. The van der Waals surface area contributed by atoms with E-state index in [0.717, 1.165) is 30.3 Å². The van der Waals surface area contributed by atoms with Gasteiger partial charge in [0.05, 0.1) is 19.3 Å². The van der Waals surface area contributed by atoms with Crippen molar-refractivity contribution in [2.24, 2.45) is 5.92 Å². The van der Waals surface area contributed by atoms with Gasteiger partial charge in [0.1, 0.15) is 12.4 Å². The van der Waals surface area contributed by atoms with E-state index in [1.54, 1.807) is 7.11 Å². The Balaban J connectivity index is 1.45. The number of carbonyl (C=O) groups is 1. The Morgan fingerprint density at radius 1 is 1.22 bits per heavy atom. The fourth-order valence-electron chi connectivity index (χ4n) is 3.69. The third-order valence-electron chi connectivity index (χ3n) is 5.18. The van der Waals surface area contributed by atoms with Crippen LogP contribution in [-0.4, -0.2) is 61.2 Å². The van der Waals surface area contributed by atoms with E-state index in [1.165, 1.54) is 19.4 Å². The first kappa shape index (κ1) is 15.0. The summed E-state index contributed by atoms with van der Waals surface area (Å²) in [6, 6.07) is 8.16. The monoisotopic (exact) mass is 316 g/mol. The molecular weight excluding hydrogens is 292 g/mol. The largest absolute Gasteiger partial charge is 0.497 e. The Kier molecular flexibility index (Phi) is 3.99. The number of ether oxygens (including phenoxy) is 2. The van der Waals surface area contributed by atoms with Crippen LogP contribution in [0.2, 0.25) is 0 Å². The van der Waals surface area contributed by atoms with Crippen LogP contribution in [0.25, 0.3) is 0 Å². The number of hydrogen-bond donors (Lipinski definition) is 0. The molecule has 3 fully saturated rings. The maximum atomic E-state index is 12.4. The topological polar surface area (TPSA) is 42.0 Å². The quantitative estimate of drug-likeness (QED) is 0.826. The zero-order valence-corrected chi connectivity index (χ0v) is 13.6. The zero-order chi connectivity index (χ0) is 15.8. The van der Waals surface area contributed by atoms with E-state index in [0.29, 0.717) is 6.54 Å². The van der Waals surface area contributed by atoms with Crippen molar-refractivity contribution in [2.75, 3.05) is 33.4 Å². The molecule has 0 radical (unpaired) electrons. The lowest BCUT2D eigenvalue weighted by Gasteiger charge is -2.36. The zero-order valence-electron chi connectivity index (χ0n) is 13.6. The lowest BCUT2D eigenvalue weighted by Crippen LogP contribution is -2.53. The average molecular weight is 316 g/mol. The Labute approximate surface area is 137 Å². The maximum Gasteiger partial charge on any atom is 0.249 e. The van der Waals surface area contributed by atoms with Crippen LogP contribution < -0.4 is 4.74 Å². The molecule has 2 unspecified atom stereocenters. The molecule has 2 heterocycles. The molecule has 1 aromatic carbocycles. The van der Waals surface area contributed by atoms with Crippen molar-refractivity contribution in [1.29, 1.82) is 0 Å². The third-order valence-corrected chi connectivity index (χ3v) is 5.18. The Morgan fingerprint density at radius 2 is 2.00 bits per heavy atom. The van der Waals surface area contributed by atoms with E-state index < -0.39 is 0 Å². The summed E-state index contributed by atoms with van der Waals surface area (Å²) in [5.41, 5.74) is 1.14. The van der Waals surface area contributed by atoms with Crippen LogP contribution in [-0.2, 0) is 16.1 Å². The number of morpholine rings is 1. The number of benzene rings is 1. The number of rotatable bonds is 5. The van der Waals surface area contributed by atoms with Gasteiger partial charge in [-0.1, -0.05) is 12.1 Å². The standard InChI is InChI=1S/C18H24N2O3/c1-22-15-6-4-14(5-7-15)9-20-16-10-19(8-13-2-3-13)11-17(16)23-12-18(20)21/h4-7,13,16-17H,2-3,8-12H2,1H3. The van der Waals surface area contributed by atoms with E-state index >= 15 is 0 Å². The van der Waals surface area contributed by atoms with Crippen LogP contribution in [0.1, 0.15) is 18.4 Å². The highest BCUT2D eigenvalue weighted by Crippen LogP contribution is 2.33. The molecule has 0 spiro atoms. The van der Waals surface area contributed by atoms with Gasteiger partial charge in [-0.3, -0.25) is 9.69 Å². The number of amides is 1. The number of hydrogen-bond acceptors (Lipinski definition) is 4. The van der Waals surface area contributed by atoms with Crippen molar-refractivity contribution < 1.29 is 14.3 Å². The summed E-state index contributed by atoms with van der Waals surface area (Å²) in [5.74, 6) is 1.83. The Morgan fingerprint density at radius 3 is 2.70 bits per heavy atom. The molecule has 1 aromatic rings. The fraction of sp³-hybridized carbons (Fsp3) is 0.611. The molecule has 5 nitrogen and oxygen atoms in total. The highest BCUT2D eigenvalue weighted by atomic mass is 16.5. The molecule has 1 saturated carbocycles. The smallest absolute Gasteiger partial charge is 0.249 e. The lowest BCUT2D eigenvalue weighted by molar-refractivity contribution is -0.153. The minimum Gasteiger partial charge on any atom is -0.497 e. The first-order valence-corrected chi connectivity index (χ1v) is 8.49. The predicted octanol–water partition coefficient (Wildman–Crippen LogP) is 1.52. The molecule has 1 aliphatic carbocycles. The van der Waals surface area contributed by atoms with E-state index in [4.69, 9.17) is 9.47 Å². The second-order valence-corrected chi connectivity index (χ2v) is 6.95. The predicted molar refractivity (Wildman–Crippen MR) is 86.2 cm³/mol. The number of nitrogens with zero attached hydrogens (tertiary/aromatic N) is 2. The summed E-state index contributed by atoms with van der Waals surface area (Å²) in [5, 5.41) is 0. The van der Waals surface area contributed by atoms with E-state index in [2.05, 4.69) is 4.90 Å². The number of methoxy groups -OCH3 is 1. The van der Waals surface area contributed by atoms with Gasteiger partial charge in [0, 0.05) is 26.2 Å². The van der Waals surface area contributed by atoms with Crippen LogP contribution in [0.3, 0.4) is 0 Å². The summed E-state index contributed by atoms with van der Waals surface area (Å²) in [4.78, 5) is 16.9. The summed E-state index contributed by atoms with van der Waals surface area (Å²) in [6.07, 6.45) is 2.90. The molecule has 0 bridgehead atoms. The summed E-state index contributed by atoms with van der Waals surface area (Å²) < 4.78 is 11.0. The van der Waals surface area contributed by atoms with Crippen molar-refractivity contribution in [3.63, 3.8) is 0 Å². The van der Waals surface area contributed by atoms with Crippen molar-refractivity contribution in [3.05, 3.63) is 29.8 Å². The second-order valence-electron chi connectivity index (χ2n) is 6.95. The maximum absolute atomic E-state index is 12.4. The third kappa shape index (κ3) is 3.21. The summed E-state index contributed by atoms with van der Waals surface area (Å²) in [6.45, 7) is 3.96. The second kappa shape index (κ2) is 6.13. The first-order valence-electron chi connectivity index (χ1n) is 8.49. The molecule has 2 aliphatic heterocycles. The van der Waals surface area contributed by atoms with Crippen LogP contribution in [0.4, 0.5) is 0 Å². The van der Waals surface area contributed by atoms with Gasteiger partial charge in [-0.05, 0) is 36.5 Å². The van der Waals surface area contributed by atoms with Crippen LogP contribution in [0.5, 0.6) is 5.75 Å². The van der Waals surface area contributed by atoms with Gasteiger partial charge in [-0.2, -0.15) is 0 Å². The van der Waals surface area contributed by atoms with Gasteiger partial charge in [-0.25, -0.2) is 0 Å². The van der Waals surface area contributed by atoms with E-state index in [-0.39, 0.29) is 24.7 Å². The van der Waals surface area contributed by atoms with Gasteiger partial charge in [-0.15, -0.1) is 0 Å². The van der Waals surface area contributed by atoms with Crippen LogP contribution >= 0.6 is 0 Å². The van der Waals surface area contributed by atoms with Crippen molar-refractivity contribution in [1.82, 2.24) is 9.80 Å². The molecule has 4 rings (SSSR count). The summed E-state index contributed by atoms with van der Waals surface area (Å²) >= 11 is 0. The number of carbonyl (C=O) groups excluding carboxylic acids is 1. The minimum absolute atomic E-state index is 0.107. The molecule has 0 aromatic heterocycles. The Hall–Kier alpha value is -1.59. The van der Waals surface area contributed by atoms with Crippen molar-refractivity contribution in [2.45, 2.75) is 31.5 Å². The highest BCUT2D eigenvalue weighted by molar-refractivity contribution is 5.78. The van der Waals surface area contributed by atoms with Gasteiger partial charge >= 0.3 is 0 Å². The molecule has 5 heteroatoms. The molecule has 0 N–H and O–H groups in total. The lowest BCUT2D eigenvalue weighted by atomic mass is 10.1. The molecule has 124 valence electrons. The fourth-order valence-corrected chi connectivity index (χ4v) is 3.69. The van der Waals surface area contributed by atoms with E-state index in [1.807, 2.05) is 29.2 Å². The van der Waals surface area contributed by atoms with Crippen molar-refractivity contribution >= 4 is 5.91 Å². The molecule has 2 saturated heterocycles. The average Bonchev–Trinajstić information content (AvgIpc) is 3.28. The minimum atomic E-state index is 0.107. The van der Waals surface area contributed by atoms with Gasteiger partial charge in [0.25, 0.3) is 0 Å². The Bertz CT molecular complexity index is 570. The van der Waals surface area contributed by atoms with Gasteiger partial charge in [0.15, 0.2) is 0 Å². The highest BCUT2D eigenvalue weighted by Gasteiger charge is 2.43. The first-order chi connectivity index (χ1) is 11.2. The van der Waals surface area contributed by atoms with E-state index in [9.17, 15) is 4.79 Å².